The predicted octanol–water partition coefficient (Wildman–Crippen LogP) is 3.29. The van der Waals surface area contributed by atoms with Crippen molar-refractivity contribution in [1.29, 1.82) is 0 Å². The Morgan fingerprint density at radius 2 is 1.97 bits per heavy atom. The molecule has 0 radical (unpaired) electrons. The Kier molecular flexibility index (Phi) is 9.24. The molecule has 1 atom stereocenters. The second-order valence-electron chi connectivity index (χ2n) is 9.13. The third kappa shape index (κ3) is 6.98. The van der Waals surface area contributed by atoms with Gasteiger partial charge in [-0.25, -0.2) is 4.39 Å². The highest BCUT2D eigenvalue weighted by atomic mass is 19.1. The molecule has 1 aromatic heterocycles. The molecule has 3 aromatic rings. The van der Waals surface area contributed by atoms with Gasteiger partial charge in [0.2, 0.25) is 5.91 Å². The highest BCUT2D eigenvalue weighted by Gasteiger charge is 2.29. The van der Waals surface area contributed by atoms with E-state index in [1.807, 2.05) is 0 Å². The number of aromatic nitrogens is 3. The average molecular weight is 539 g/mol. The molecule has 1 saturated heterocycles. The minimum absolute atomic E-state index is 0.0212. The first-order valence-corrected chi connectivity index (χ1v) is 12.8. The summed E-state index contributed by atoms with van der Waals surface area (Å²) in [6, 6.07) is 11.3. The molecule has 0 saturated carbocycles. The number of rotatable bonds is 10. The highest BCUT2D eigenvalue weighted by Crippen LogP contribution is 2.32. The molecule has 0 aliphatic carbocycles. The standard InChI is InChI=1S/C28H31FN4O6/c1-3-38-28(36)19-8-6-14-33(16-19)25(34)13-11-22-27(35)30-26(32-31-22)18-10-12-23(24(15-18)37-2)39-17-20-7-4-5-9-21(20)29/h4-5,7,9-10,12,15,19H,3,6,8,11,13-14,16-17H2,1-2H3,(H,30,32,35)/t19-/m1/s1. The van der Waals surface area contributed by atoms with Gasteiger partial charge in [0.15, 0.2) is 17.3 Å². The number of amides is 1. The maximum Gasteiger partial charge on any atom is 0.310 e. The lowest BCUT2D eigenvalue weighted by Crippen LogP contribution is -2.43. The van der Waals surface area contributed by atoms with E-state index in [4.69, 9.17) is 14.2 Å². The number of aromatic amines is 1. The monoisotopic (exact) mass is 538 g/mol. The van der Waals surface area contributed by atoms with Crippen LogP contribution in [-0.4, -0.2) is 58.8 Å². The van der Waals surface area contributed by atoms with E-state index in [1.165, 1.54) is 13.2 Å². The topological polar surface area (TPSA) is 124 Å². The van der Waals surface area contributed by atoms with Gasteiger partial charge in [-0.2, -0.15) is 0 Å². The molecule has 1 fully saturated rings. The largest absolute Gasteiger partial charge is 0.493 e. The lowest BCUT2D eigenvalue weighted by molar-refractivity contribution is -0.151. The molecule has 1 aliphatic heterocycles. The van der Waals surface area contributed by atoms with Crippen LogP contribution in [0.15, 0.2) is 47.3 Å². The molecule has 0 spiro atoms. The summed E-state index contributed by atoms with van der Waals surface area (Å²) in [5.74, 6) is -0.110. The second kappa shape index (κ2) is 13.0. The molecule has 39 heavy (non-hydrogen) atoms. The highest BCUT2D eigenvalue weighted by molar-refractivity contribution is 5.78. The average Bonchev–Trinajstić information content (AvgIpc) is 2.96. The third-order valence-corrected chi connectivity index (χ3v) is 6.51. The number of ether oxygens (including phenoxy) is 3. The Labute approximate surface area is 225 Å². The van der Waals surface area contributed by atoms with Crippen LogP contribution in [0, 0.1) is 11.7 Å². The Hall–Kier alpha value is -4.28. The van der Waals surface area contributed by atoms with Crippen LogP contribution in [0.1, 0.15) is 37.4 Å². The van der Waals surface area contributed by atoms with Crippen LogP contribution in [0.3, 0.4) is 0 Å². The summed E-state index contributed by atoms with van der Waals surface area (Å²) in [7, 11) is 1.47. The van der Waals surface area contributed by atoms with Crippen LogP contribution < -0.4 is 15.0 Å². The number of hydrogen-bond acceptors (Lipinski definition) is 8. The normalized spacial score (nSPS) is 15.1. The van der Waals surface area contributed by atoms with Gasteiger partial charge in [0, 0.05) is 37.1 Å². The lowest BCUT2D eigenvalue weighted by atomic mass is 9.98. The van der Waals surface area contributed by atoms with Gasteiger partial charge in [-0.3, -0.25) is 14.4 Å². The number of carbonyl (C=O) groups is 2. The number of hydrogen-bond donors (Lipinski definition) is 1. The molecule has 0 bridgehead atoms. The Bertz CT molecular complexity index is 1380. The van der Waals surface area contributed by atoms with Gasteiger partial charge in [-0.05, 0) is 44.0 Å². The molecule has 0 unspecified atom stereocenters. The number of likely N-dealkylation sites (tertiary alicyclic amines) is 1. The van der Waals surface area contributed by atoms with Crippen molar-refractivity contribution in [1.82, 2.24) is 20.1 Å². The Balaban J connectivity index is 1.38. The fraction of sp³-hybridized carbons (Fsp3) is 0.393. The van der Waals surface area contributed by atoms with E-state index < -0.39 is 5.56 Å². The maximum atomic E-state index is 13.9. The summed E-state index contributed by atoms with van der Waals surface area (Å²) < 4.78 is 30.1. The van der Waals surface area contributed by atoms with Crippen molar-refractivity contribution in [2.24, 2.45) is 5.92 Å². The molecule has 4 rings (SSSR count). The van der Waals surface area contributed by atoms with E-state index in [1.54, 1.807) is 48.2 Å². The Morgan fingerprint density at radius 3 is 2.72 bits per heavy atom. The van der Waals surface area contributed by atoms with Crippen molar-refractivity contribution >= 4 is 11.9 Å². The molecule has 206 valence electrons. The number of H-pyrrole nitrogens is 1. The van der Waals surface area contributed by atoms with Crippen molar-refractivity contribution in [3.63, 3.8) is 0 Å². The van der Waals surface area contributed by atoms with Gasteiger partial charge in [0.25, 0.3) is 5.56 Å². The van der Waals surface area contributed by atoms with Crippen LogP contribution in [0.25, 0.3) is 11.4 Å². The SMILES string of the molecule is CCOC(=O)[C@@H]1CCCN(C(=O)CCc2nnc(-c3ccc(OCc4ccccc4F)c(OC)c3)[nH]c2=O)C1. The number of methoxy groups -OCH3 is 1. The number of piperidine rings is 1. The first-order valence-electron chi connectivity index (χ1n) is 12.8. The molecule has 2 aromatic carbocycles. The minimum atomic E-state index is -0.449. The number of esters is 1. The summed E-state index contributed by atoms with van der Waals surface area (Å²) in [6.45, 7) is 2.97. The summed E-state index contributed by atoms with van der Waals surface area (Å²) in [5.41, 5.74) is 0.639. The van der Waals surface area contributed by atoms with Gasteiger partial charge in [-0.15, -0.1) is 10.2 Å². The van der Waals surface area contributed by atoms with Crippen molar-refractivity contribution in [2.45, 2.75) is 39.2 Å². The molecular formula is C28H31FN4O6. The van der Waals surface area contributed by atoms with Crippen molar-refractivity contribution < 1.29 is 28.2 Å². The summed E-state index contributed by atoms with van der Waals surface area (Å²) in [5, 5.41) is 8.18. The van der Waals surface area contributed by atoms with E-state index in [0.29, 0.717) is 48.7 Å². The summed E-state index contributed by atoms with van der Waals surface area (Å²) in [4.78, 5) is 41.8. The van der Waals surface area contributed by atoms with E-state index in [0.717, 1.165) is 6.42 Å². The quantitative estimate of drug-likeness (QED) is 0.390. The molecule has 10 nitrogen and oxygen atoms in total. The van der Waals surface area contributed by atoms with Crippen LogP contribution in [-0.2, 0) is 27.4 Å². The third-order valence-electron chi connectivity index (χ3n) is 6.51. The van der Waals surface area contributed by atoms with Gasteiger partial charge in [0.05, 0.1) is 19.6 Å². The van der Waals surface area contributed by atoms with E-state index in [-0.39, 0.29) is 54.6 Å². The smallest absolute Gasteiger partial charge is 0.310 e. The lowest BCUT2D eigenvalue weighted by Gasteiger charge is -2.31. The molecule has 1 amide bonds. The summed E-state index contributed by atoms with van der Waals surface area (Å²) >= 11 is 0. The minimum Gasteiger partial charge on any atom is -0.493 e. The molecule has 1 aliphatic rings. The van der Waals surface area contributed by atoms with Crippen molar-refractivity contribution in [3.8, 4) is 22.9 Å². The van der Waals surface area contributed by atoms with Crippen molar-refractivity contribution in [3.05, 3.63) is 69.9 Å². The van der Waals surface area contributed by atoms with Gasteiger partial charge in [0.1, 0.15) is 18.1 Å². The summed E-state index contributed by atoms with van der Waals surface area (Å²) in [6.07, 6.45) is 1.61. The zero-order valence-corrected chi connectivity index (χ0v) is 21.9. The number of aryl methyl sites for hydroxylation is 1. The molecular weight excluding hydrogens is 507 g/mol. The van der Waals surface area contributed by atoms with Crippen LogP contribution in [0.5, 0.6) is 11.5 Å². The zero-order valence-electron chi connectivity index (χ0n) is 21.9. The second-order valence-corrected chi connectivity index (χ2v) is 9.13. The van der Waals surface area contributed by atoms with Crippen LogP contribution in [0.4, 0.5) is 4.39 Å². The number of halogens is 1. The van der Waals surface area contributed by atoms with E-state index in [2.05, 4.69) is 15.2 Å². The molecule has 11 heteroatoms. The molecule has 1 N–H and O–H groups in total. The first-order chi connectivity index (χ1) is 18.9. The zero-order chi connectivity index (χ0) is 27.8. The number of nitrogens with one attached hydrogen (secondary N) is 1. The number of nitrogens with zero attached hydrogens (tertiary/aromatic N) is 3. The van der Waals surface area contributed by atoms with E-state index in [9.17, 15) is 18.8 Å². The number of benzene rings is 2. The molecule has 2 heterocycles. The van der Waals surface area contributed by atoms with Gasteiger partial charge < -0.3 is 24.1 Å². The van der Waals surface area contributed by atoms with Crippen LogP contribution >= 0.6 is 0 Å². The maximum absolute atomic E-state index is 13.9. The fourth-order valence-electron chi connectivity index (χ4n) is 4.40. The Morgan fingerprint density at radius 1 is 1.15 bits per heavy atom. The first kappa shape index (κ1) is 27.7. The number of carbonyl (C=O) groups excluding carboxylic acids is 2. The van der Waals surface area contributed by atoms with Gasteiger partial charge in [-0.1, -0.05) is 18.2 Å². The fourth-order valence-corrected chi connectivity index (χ4v) is 4.40. The van der Waals surface area contributed by atoms with E-state index >= 15 is 0 Å². The van der Waals surface area contributed by atoms with Gasteiger partial charge >= 0.3 is 5.97 Å². The predicted molar refractivity (Wildman–Crippen MR) is 140 cm³/mol. The van der Waals surface area contributed by atoms with Crippen molar-refractivity contribution in [2.75, 3.05) is 26.8 Å². The van der Waals surface area contributed by atoms with Crippen LogP contribution in [0.2, 0.25) is 0 Å².